The predicted octanol–water partition coefficient (Wildman–Crippen LogP) is 3.04. The Labute approximate surface area is 155 Å². The molecule has 7 heteroatoms. The van der Waals surface area contributed by atoms with Crippen LogP contribution in [0.4, 0.5) is 4.39 Å². The lowest BCUT2D eigenvalue weighted by Crippen LogP contribution is -2.51. The number of piperidine rings is 1. The molecule has 1 aromatic rings. The second-order valence-corrected chi connectivity index (χ2v) is 9.66. The third-order valence-corrected chi connectivity index (χ3v) is 7.44. The lowest BCUT2D eigenvalue weighted by atomic mass is 9.92. The van der Waals surface area contributed by atoms with Gasteiger partial charge in [-0.3, -0.25) is 4.79 Å². The summed E-state index contributed by atoms with van der Waals surface area (Å²) in [6.45, 7) is 8.27. The van der Waals surface area contributed by atoms with E-state index in [0.29, 0.717) is 31.8 Å². The maximum Gasteiger partial charge on any atom is 0.307 e. The molecule has 0 N–H and O–H groups in total. The van der Waals surface area contributed by atoms with Gasteiger partial charge in [-0.2, -0.15) is 0 Å². The highest BCUT2D eigenvalue weighted by atomic mass is 32.2. The number of carbonyl (C=O) groups is 1. The van der Waals surface area contributed by atoms with Gasteiger partial charge in [0.05, 0.1) is 22.7 Å². The predicted molar refractivity (Wildman–Crippen MR) is 98.1 cm³/mol. The number of hydrogen-bond acceptors (Lipinski definition) is 5. The normalized spacial score (nSPS) is 18.0. The molecule has 0 aliphatic carbocycles. The molecule has 1 fully saturated rings. The van der Waals surface area contributed by atoms with Gasteiger partial charge >= 0.3 is 5.97 Å². The van der Waals surface area contributed by atoms with Crippen LogP contribution < -0.4 is 0 Å². The molecule has 0 aromatic heterocycles. The molecule has 1 aliphatic heterocycles. The molecule has 0 bridgehead atoms. The van der Waals surface area contributed by atoms with Gasteiger partial charge in [0.1, 0.15) is 5.82 Å². The lowest BCUT2D eigenvalue weighted by molar-refractivity contribution is -0.144. The monoisotopic (exact) mass is 385 g/mol. The first-order valence-corrected chi connectivity index (χ1v) is 10.6. The molecule has 0 saturated carbocycles. The van der Waals surface area contributed by atoms with Gasteiger partial charge in [-0.05, 0) is 63.0 Å². The number of rotatable bonds is 7. The van der Waals surface area contributed by atoms with Gasteiger partial charge in [0.2, 0.25) is 0 Å². The molecule has 1 aromatic carbocycles. The van der Waals surface area contributed by atoms with E-state index < -0.39 is 26.4 Å². The summed E-state index contributed by atoms with van der Waals surface area (Å²) < 4.78 is 43.7. The second-order valence-electron chi connectivity index (χ2n) is 7.32. The highest BCUT2D eigenvalue weighted by Gasteiger charge is 2.48. The zero-order valence-corrected chi connectivity index (χ0v) is 16.5. The lowest BCUT2D eigenvalue weighted by Gasteiger charge is -2.41. The highest BCUT2D eigenvalue weighted by molar-refractivity contribution is 7.92. The Morgan fingerprint density at radius 3 is 2.31 bits per heavy atom. The fourth-order valence-corrected chi connectivity index (χ4v) is 5.56. The van der Waals surface area contributed by atoms with Crippen molar-refractivity contribution in [2.45, 2.75) is 49.7 Å². The molecular formula is C19H28FNO4S. The molecule has 0 atom stereocenters. The Bertz CT molecular complexity index is 708. The van der Waals surface area contributed by atoms with E-state index in [1.807, 2.05) is 0 Å². The molecule has 2 rings (SSSR count). The van der Waals surface area contributed by atoms with Crippen molar-refractivity contribution >= 4 is 15.8 Å². The molecule has 0 radical (unpaired) electrons. The van der Waals surface area contributed by atoms with Crippen molar-refractivity contribution in [1.29, 1.82) is 0 Å². The van der Waals surface area contributed by atoms with Gasteiger partial charge in [-0.25, -0.2) is 12.8 Å². The number of likely N-dealkylation sites (tertiary alicyclic amines) is 1. The summed E-state index contributed by atoms with van der Waals surface area (Å²) in [6.07, 6.45) is 0.548. The number of benzene rings is 1. The molecule has 146 valence electrons. The summed E-state index contributed by atoms with van der Waals surface area (Å²) in [7, 11) is -3.80. The van der Waals surface area contributed by atoms with Crippen molar-refractivity contribution in [3.63, 3.8) is 0 Å². The van der Waals surface area contributed by atoms with E-state index >= 15 is 0 Å². The van der Waals surface area contributed by atoms with Crippen LogP contribution in [-0.2, 0) is 19.4 Å². The van der Waals surface area contributed by atoms with E-state index in [-0.39, 0.29) is 17.9 Å². The van der Waals surface area contributed by atoms with Crippen molar-refractivity contribution in [3.8, 4) is 0 Å². The van der Waals surface area contributed by atoms with E-state index in [2.05, 4.69) is 18.7 Å². The summed E-state index contributed by atoms with van der Waals surface area (Å²) in [5.74, 6) is -0.507. The molecule has 0 amide bonds. The SMILES string of the molecule is CCOC(=O)CC1(S(=O)(=O)c2ccc(F)cc2)CCN(CC(C)C)CC1. The number of esters is 1. The molecule has 5 nitrogen and oxygen atoms in total. The van der Waals surface area contributed by atoms with Gasteiger partial charge in [0.15, 0.2) is 9.84 Å². The Morgan fingerprint density at radius 2 is 1.81 bits per heavy atom. The minimum Gasteiger partial charge on any atom is -0.466 e. The van der Waals surface area contributed by atoms with Gasteiger partial charge in [0, 0.05) is 6.54 Å². The van der Waals surface area contributed by atoms with Crippen molar-refractivity contribution in [2.24, 2.45) is 5.92 Å². The minimum absolute atomic E-state index is 0.0560. The minimum atomic E-state index is -3.80. The standard InChI is InChI=1S/C19H28FNO4S/c1-4-25-18(22)13-19(9-11-21(12-10-19)14-15(2)3)26(23,24)17-7-5-16(20)6-8-17/h5-8,15H,4,9-14H2,1-3H3. The van der Waals surface area contributed by atoms with Crippen molar-refractivity contribution < 1.29 is 22.3 Å². The fraction of sp³-hybridized carbons (Fsp3) is 0.632. The summed E-state index contributed by atoms with van der Waals surface area (Å²) in [6, 6.07) is 4.83. The van der Waals surface area contributed by atoms with Crippen LogP contribution >= 0.6 is 0 Å². The van der Waals surface area contributed by atoms with Gasteiger partial charge < -0.3 is 9.64 Å². The van der Waals surface area contributed by atoms with E-state index in [0.717, 1.165) is 18.7 Å². The van der Waals surface area contributed by atoms with Crippen molar-refractivity contribution in [1.82, 2.24) is 4.90 Å². The third kappa shape index (κ3) is 4.62. The maximum absolute atomic E-state index is 13.3. The molecule has 0 unspecified atom stereocenters. The average molecular weight is 386 g/mol. The number of carbonyl (C=O) groups excluding carboxylic acids is 1. The van der Waals surface area contributed by atoms with Crippen molar-refractivity contribution in [3.05, 3.63) is 30.1 Å². The molecule has 26 heavy (non-hydrogen) atoms. The molecule has 1 heterocycles. The Morgan fingerprint density at radius 1 is 1.23 bits per heavy atom. The Balaban J connectivity index is 2.32. The van der Waals surface area contributed by atoms with E-state index in [4.69, 9.17) is 4.74 Å². The van der Waals surface area contributed by atoms with Crippen LogP contribution in [0, 0.1) is 11.7 Å². The Kier molecular flexibility index (Phi) is 6.80. The van der Waals surface area contributed by atoms with Crippen LogP contribution in [-0.4, -0.2) is 50.3 Å². The molecule has 1 saturated heterocycles. The number of halogens is 1. The van der Waals surface area contributed by atoms with Gasteiger partial charge in [-0.15, -0.1) is 0 Å². The van der Waals surface area contributed by atoms with E-state index in [9.17, 15) is 17.6 Å². The molecule has 0 spiro atoms. The smallest absolute Gasteiger partial charge is 0.307 e. The van der Waals surface area contributed by atoms with E-state index in [1.165, 1.54) is 12.1 Å². The highest BCUT2D eigenvalue weighted by Crippen LogP contribution is 2.39. The van der Waals surface area contributed by atoms with Crippen LogP contribution in [0.25, 0.3) is 0 Å². The Hall–Kier alpha value is -1.47. The summed E-state index contributed by atoms with van der Waals surface area (Å²) in [5, 5.41) is 0. The maximum atomic E-state index is 13.3. The van der Waals surface area contributed by atoms with Gasteiger partial charge in [0.25, 0.3) is 0 Å². The number of hydrogen-bond donors (Lipinski definition) is 0. The zero-order valence-electron chi connectivity index (χ0n) is 15.7. The van der Waals surface area contributed by atoms with Crippen LogP contribution in [0.5, 0.6) is 0 Å². The molecular weight excluding hydrogens is 357 g/mol. The van der Waals surface area contributed by atoms with Crippen LogP contribution in [0.1, 0.15) is 40.0 Å². The average Bonchev–Trinajstić information content (AvgIpc) is 2.57. The topological polar surface area (TPSA) is 63.7 Å². The molecule has 1 aliphatic rings. The second kappa shape index (κ2) is 8.48. The fourth-order valence-electron chi connectivity index (χ4n) is 3.54. The number of nitrogens with zero attached hydrogens (tertiary/aromatic N) is 1. The van der Waals surface area contributed by atoms with Crippen LogP contribution in [0.2, 0.25) is 0 Å². The number of sulfone groups is 1. The van der Waals surface area contributed by atoms with Gasteiger partial charge in [-0.1, -0.05) is 13.8 Å². The first-order chi connectivity index (χ1) is 12.2. The van der Waals surface area contributed by atoms with Crippen molar-refractivity contribution in [2.75, 3.05) is 26.2 Å². The zero-order chi connectivity index (χ0) is 19.4. The largest absolute Gasteiger partial charge is 0.466 e. The summed E-state index contributed by atoms with van der Waals surface area (Å²) >= 11 is 0. The summed E-state index contributed by atoms with van der Waals surface area (Å²) in [4.78, 5) is 14.4. The quantitative estimate of drug-likeness (QED) is 0.533. The number of ether oxygens (including phenoxy) is 1. The first kappa shape index (κ1) is 20.8. The first-order valence-electron chi connectivity index (χ1n) is 9.08. The summed E-state index contributed by atoms with van der Waals surface area (Å²) in [5.41, 5.74) is 0. The van der Waals surface area contributed by atoms with Crippen LogP contribution in [0.3, 0.4) is 0 Å². The van der Waals surface area contributed by atoms with Crippen LogP contribution in [0.15, 0.2) is 29.2 Å². The van der Waals surface area contributed by atoms with E-state index in [1.54, 1.807) is 6.92 Å². The third-order valence-electron chi connectivity index (χ3n) is 4.86.